The van der Waals surface area contributed by atoms with E-state index in [1.807, 2.05) is 13.0 Å². The Balaban J connectivity index is 4.37. The minimum atomic E-state index is -0.296. The van der Waals surface area contributed by atoms with Crippen molar-refractivity contribution < 1.29 is 14.3 Å². The Labute approximate surface area is 149 Å². The van der Waals surface area contributed by atoms with Crippen LogP contribution < -0.4 is 0 Å². The maximum absolute atomic E-state index is 11.2. The van der Waals surface area contributed by atoms with Gasteiger partial charge in [-0.2, -0.15) is 0 Å². The molecule has 1 atom stereocenters. The summed E-state index contributed by atoms with van der Waals surface area (Å²) in [5.74, 6) is 0.399. The predicted molar refractivity (Wildman–Crippen MR) is 102 cm³/mol. The van der Waals surface area contributed by atoms with E-state index in [1.54, 1.807) is 0 Å². The van der Waals surface area contributed by atoms with Crippen molar-refractivity contribution in [1.29, 1.82) is 0 Å². The lowest BCUT2D eigenvalue weighted by atomic mass is 9.87. The highest BCUT2D eigenvalue weighted by Gasteiger charge is 2.25. The van der Waals surface area contributed by atoms with Crippen LogP contribution in [0.25, 0.3) is 0 Å². The average molecular weight is 339 g/mol. The largest absolute Gasteiger partial charge is 0.466 e. The Kier molecular flexibility index (Phi) is 12.6. The Morgan fingerprint density at radius 2 is 1.83 bits per heavy atom. The zero-order chi connectivity index (χ0) is 18.4. The fourth-order valence-corrected chi connectivity index (χ4v) is 3.13. The van der Waals surface area contributed by atoms with Crippen LogP contribution in [0.2, 0.25) is 0 Å². The van der Waals surface area contributed by atoms with E-state index in [0.717, 1.165) is 37.9 Å². The topological polar surface area (TPSA) is 35.5 Å². The highest BCUT2D eigenvalue weighted by Crippen LogP contribution is 2.29. The highest BCUT2D eigenvalue weighted by molar-refractivity contribution is 5.83. The lowest BCUT2D eigenvalue weighted by Crippen LogP contribution is -2.31. The van der Waals surface area contributed by atoms with Gasteiger partial charge >= 0.3 is 5.97 Å². The number of rotatable bonds is 13. The molecule has 0 rings (SSSR count). The van der Waals surface area contributed by atoms with Crippen LogP contribution in [0.1, 0.15) is 79.6 Å². The van der Waals surface area contributed by atoms with Crippen molar-refractivity contribution in [2.24, 2.45) is 5.92 Å². The molecule has 0 N–H and O–H groups in total. The summed E-state index contributed by atoms with van der Waals surface area (Å²) in [7, 11) is 1.40. The number of carbonyl (C=O) groups is 1. The van der Waals surface area contributed by atoms with Crippen LogP contribution in [-0.4, -0.2) is 25.3 Å². The molecule has 0 aliphatic heterocycles. The number of methoxy groups -OCH3 is 1. The summed E-state index contributed by atoms with van der Waals surface area (Å²) in [6, 6.07) is 0. The van der Waals surface area contributed by atoms with Gasteiger partial charge in [-0.25, -0.2) is 4.79 Å². The van der Waals surface area contributed by atoms with Crippen molar-refractivity contribution in [2.75, 3.05) is 13.7 Å². The Bertz CT molecular complexity index is 392. The molecule has 0 heterocycles. The molecule has 3 heteroatoms. The van der Waals surface area contributed by atoms with Crippen molar-refractivity contribution in [1.82, 2.24) is 0 Å². The number of hydrogen-bond acceptors (Lipinski definition) is 3. The van der Waals surface area contributed by atoms with Crippen LogP contribution in [0.3, 0.4) is 0 Å². The maximum atomic E-state index is 11.2. The maximum Gasteiger partial charge on any atom is 0.330 e. The second-order valence-corrected chi connectivity index (χ2v) is 6.54. The molecule has 0 aliphatic carbocycles. The molecule has 3 nitrogen and oxygen atoms in total. The molecule has 0 spiro atoms. The molecule has 0 aromatic rings. The van der Waals surface area contributed by atoms with Crippen LogP contribution in [0.5, 0.6) is 0 Å². The van der Waals surface area contributed by atoms with Crippen LogP contribution in [0, 0.1) is 5.92 Å². The van der Waals surface area contributed by atoms with E-state index in [1.165, 1.54) is 32.4 Å². The van der Waals surface area contributed by atoms with Gasteiger partial charge in [-0.3, -0.25) is 0 Å². The molecule has 0 radical (unpaired) electrons. The standard InChI is InChI=1S/C21H38O3/c1-7-19(14-11-13-18(5)17-20(22)23-6)15-12-16-21(8-2,9-3)24-10-4/h11,13,17,19H,7-10,12,14-16H2,1-6H3. The number of allylic oxidation sites excluding steroid dienone is 3. The SMILES string of the molecule is CCOC(CC)(CC)CCCC(CC)CC=CC(C)=CC(=O)OC. The van der Waals surface area contributed by atoms with Gasteiger partial charge in [-0.1, -0.05) is 52.2 Å². The molecular formula is C21H38O3. The summed E-state index contributed by atoms with van der Waals surface area (Å²) >= 11 is 0. The second kappa shape index (κ2) is 13.2. The fraction of sp³-hybridized carbons (Fsp3) is 0.762. The fourth-order valence-electron chi connectivity index (χ4n) is 3.13. The first-order valence-corrected chi connectivity index (χ1v) is 9.53. The summed E-state index contributed by atoms with van der Waals surface area (Å²) < 4.78 is 10.7. The van der Waals surface area contributed by atoms with Gasteiger partial charge in [0.1, 0.15) is 0 Å². The Morgan fingerprint density at radius 1 is 1.17 bits per heavy atom. The third-order valence-electron chi connectivity index (χ3n) is 4.96. The van der Waals surface area contributed by atoms with Crippen molar-refractivity contribution in [3.05, 3.63) is 23.8 Å². The zero-order valence-corrected chi connectivity index (χ0v) is 16.7. The summed E-state index contributed by atoms with van der Waals surface area (Å²) in [6.07, 6.45) is 13.7. The van der Waals surface area contributed by atoms with Crippen molar-refractivity contribution >= 4 is 5.97 Å². The van der Waals surface area contributed by atoms with Crippen molar-refractivity contribution in [3.63, 3.8) is 0 Å². The third-order valence-corrected chi connectivity index (χ3v) is 4.96. The summed E-state index contributed by atoms with van der Waals surface area (Å²) in [5, 5.41) is 0. The minimum Gasteiger partial charge on any atom is -0.466 e. The van der Waals surface area contributed by atoms with Gasteiger partial charge in [0.25, 0.3) is 0 Å². The Morgan fingerprint density at radius 3 is 2.33 bits per heavy atom. The Hall–Kier alpha value is -1.09. The predicted octanol–water partition coefficient (Wildman–Crippen LogP) is 5.84. The van der Waals surface area contributed by atoms with Crippen LogP contribution in [-0.2, 0) is 14.3 Å². The second-order valence-electron chi connectivity index (χ2n) is 6.54. The third kappa shape index (κ3) is 9.27. The number of carbonyl (C=O) groups excluding carboxylic acids is 1. The average Bonchev–Trinajstić information content (AvgIpc) is 2.59. The van der Waals surface area contributed by atoms with Crippen molar-refractivity contribution in [2.45, 2.75) is 85.2 Å². The first-order valence-electron chi connectivity index (χ1n) is 9.53. The monoisotopic (exact) mass is 338 g/mol. The normalized spacial score (nSPS) is 14.2. The van der Waals surface area contributed by atoms with Gasteiger partial charge in [0.05, 0.1) is 12.7 Å². The number of hydrogen-bond donors (Lipinski definition) is 0. The van der Waals surface area contributed by atoms with Gasteiger partial charge in [-0.05, 0) is 51.0 Å². The smallest absolute Gasteiger partial charge is 0.330 e. The molecule has 0 aromatic carbocycles. The minimum absolute atomic E-state index is 0.0721. The molecule has 1 unspecified atom stereocenters. The number of ether oxygens (including phenoxy) is 2. The van der Waals surface area contributed by atoms with Gasteiger partial charge < -0.3 is 9.47 Å². The van der Waals surface area contributed by atoms with Gasteiger partial charge in [-0.15, -0.1) is 0 Å². The molecule has 24 heavy (non-hydrogen) atoms. The molecular weight excluding hydrogens is 300 g/mol. The summed E-state index contributed by atoms with van der Waals surface area (Å²) in [4.78, 5) is 11.2. The molecule has 0 saturated heterocycles. The molecule has 0 bridgehead atoms. The van der Waals surface area contributed by atoms with Crippen LogP contribution >= 0.6 is 0 Å². The molecule has 0 amide bonds. The van der Waals surface area contributed by atoms with E-state index in [9.17, 15) is 4.79 Å². The molecule has 140 valence electrons. The number of esters is 1. The lowest BCUT2D eigenvalue weighted by molar-refractivity contribution is -0.134. The van der Waals surface area contributed by atoms with Gasteiger partial charge in [0.2, 0.25) is 0 Å². The van der Waals surface area contributed by atoms with Gasteiger partial charge in [0.15, 0.2) is 0 Å². The van der Waals surface area contributed by atoms with Crippen LogP contribution in [0.15, 0.2) is 23.8 Å². The van der Waals surface area contributed by atoms with E-state index < -0.39 is 0 Å². The molecule has 0 saturated carbocycles. The van der Waals surface area contributed by atoms with E-state index in [0.29, 0.717) is 5.92 Å². The van der Waals surface area contributed by atoms with E-state index in [2.05, 4.69) is 38.5 Å². The quantitative estimate of drug-likeness (QED) is 0.240. The first-order chi connectivity index (χ1) is 11.5. The lowest BCUT2D eigenvalue weighted by Gasteiger charge is -2.32. The van der Waals surface area contributed by atoms with E-state index in [4.69, 9.17) is 4.74 Å². The summed E-state index contributed by atoms with van der Waals surface area (Å²) in [5.41, 5.74) is 1.01. The van der Waals surface area contributed by atoms with Crippen molar-refractivity contribution in [3.8, 4) is 0 Å². The molecule has 0 aromatic heterocycles. The molecule has 0 aliphatic rings. The van der Waals surface area contributed by atoms with E-state index >= 15 is 0 Å². The zero-order valence-electron chi connectivity index (χ0n) is 16.7. The van der Waals surface area contributed by atoms with E-state index in [-0.39, 0.29) is 11.6 Å². The first kappa shape index (κ1) is 22.9. The molecule has 0 fully saturated rings. The van der Waals surface area contributed by atoms with Crippen LogP contribution in [0.4, 0.5) is 0 Å². The summed E-state index contributed by atoms with van der Waals surface area (Å²) in [6.45, 7) is 11.5. The highest BCUT2D eigenvalue weighted by atomic mass is 16.5. The van der Waals surface area contributed by atoms with Gasteiger partial charge in [0, 0.05) is 12.7 Å².